The van der Waals surface area contributed by atoms with Crippen molar-refractivity contribution in [2.45, 2.75) is 4.90 Å². The summed E-state index contributed by atoms with van der Waals surface area (Å²) in [5.41, 5.74) is 1.11. The van der Waals surface area contributed by atoms with Crippen LogP contribution < -0.4 is 18.9 Å². The van der Waals surface area contributed by atoms with Crippen molar-refractivity contribution in [3.8, 4) is 34.7 Å². The van der Waals surface area contributed by atoms with E-state index in [4.69, 9.17) is 14.2 Å². The molecule has 1 N–H and O–H groups in total. The number of sulfonamides is 1. The Hall–Kier alpha value is -3.77. The minimum Gasteiger partial charge on any atom is -0.480 e. The zero-order valence-corrected chi connectivity index (χ0v) is 16.1. The largest absolute Gasteiger partial charge is 0.480 e. The molecule has 0 spiro atoms. The molecule has 0 aliphatic carbocycles. The summed E-state index contributed by atoms with van der Waals surface area (Å²) in [5, 5.41) is 9.39. The number of aromatic nitrogens is 1. The van der Waals surface area contributed by atoms with Crippen LogP contribution in [0.25, 0.3) is 11.3 Å². The number of rotatable bonds is 5. The minimum absolute atomic E-state index is 0.0859. The van der Waals surface area contributed by atoms with Crippen molar-refractivity contribution < 1.29 is 22.6 Å². The van der Waals surface area contributed by atoms with Crippen LogP contribution in [0.3, 0.4) is 0 Å². The third-order valence-corrected chi connectivity index (χ3v) is 5.63. The van der Waals surface area contributed by atoms with Gasteiger partial charge in [-0.3, -0.25) is 4.72 Å². The fourth-order valence-corrected chi connectivity index (χ4v) is 3.96. The van der Waals surface area contributed by atoms with Gasteiger partial charge < -0.3 is 14.2 Å². The van der Waals surface area contributed by atoms with Crippen LogP contribution in [0.15, 0.2) is 59.5 Å². The summed E-state index contributed by atoms with van der Waals surface area (Å²) in [4.78, 5) is 4.46. The molecule has 2 aromatic carbocycles. The van der Waals surface area contributed by atoms with Crippen LogP contribution in [0.4, 0.5) is 5.69 Å². The molecule has 2 heterocycles. The molecular formula is C20H15N3O5S. The molecule has 0 unspecified atom stereocenters. The quantitative estimate of drug-likeness (QED) is 0.689. The topological polar surface area (TPSA) is 111 Å². The first-order chi connectivity index (χ1) is 14.0. The van der Waals surface area contributed by atoms with Crippen LogP contribution in [0.2, 0.25) is 0 Å². The molecule has 1 aliphatic heterocycles. The smallest absolute Gasteiger partial charge is 0.261 e. The van der Waals surface area contributed by atoms with Gasteiger partial charge in [-0.25, -0.2) is 13.4 Å². The van der Waals surface area contributed by atoms with Gasteiger partial charge >= 0.3 is 0 Å². The first-order valence-corrected chi connectivity index (χ1v) is 9.97. The fourth-order valence-electron chi connectivity index (χ4n) is 2.88. The Bertz CT molecular complexity index is 1220. The molecule has 0 saturated carbocycles. The summed E-state index contributed by atoms with van der Waals surface area (Å²) < 4.78 is 44.1. The molecule has 29 heavy (non-hydrogen) atoms. The lowest BCUT2D eigenvalue weighted by Crippen LogP contribution is -2.14. The SMILES string of the molecule is COc1nc(-c2ccc3c(c2)OCO3)c(NS(=O)(=O)c2ccccc2)cc1C#N. The van der Waals surface area contributed by atoms with E-state index in [0.29, 0.717) is 22.8 Å². The summed E-state index contributed by atoms with van der Waals surface area (Å²) in [6.45, 7) is 0.108. The summed E-state index contributed by atoms with van der Waals surface area (Å²) >= 11 is 0. The molecule has 8 nitrogen and oxygen atoms in total. The Morgan fingerprint density at radius 2 is 1.86 bits per heavy atom. The van der Waals surface area contributed by atoms with Crippen molar-refractivity contribution in [3.63, 3.8) is 0 Å². The number of nitriles is 1. The third kappa shape index (κ3) is 3.53. The van der Waals surface area contributed by atoms with Gasteiger partial charge in [0.25, 0.3) is 10.0 Å². The second-order valence-corrected chi connectivity index (χ2v) is 7.72. The van der Waals surface area contributed by atoms with Crippen molar-refractivity contribution in [1.29, 1.82) is 5.26 Å². The van der Waals surface area contributed by atoms with Crippen LogP contribution in [0.1, 0.15) is 5.56 Å². The van der Waals surface area contributed by atoms with E-state index in [1.165, 1.54) is 25.3 Å². The minimum atomic E-state index is -3.90. The lowest BCUT2D eigenvalue weighted by atomic mass is 10.1. The first kappa shape index (κ1) is 18.6. The monoisotopic (exact) mass is 409 g/mol. The standard InChI is InChI=1S/C20H15N3O5S/c1-26-20-14(11-21)9-16(23-29(24,25)15-5-3-2-4-6-15)19(22-20)13-7-8-17-18(10-13)28-12-27-17/h2-10,23H,12H2,1H3. The maximum Gasteiger partial charge on any atom is 0.261 e. The van der Waals surface area contributed by atoms with Gasteiger partial charge in [-0.15, -0.1) is 0 Å². The maximum atomic E-state index is 12.8. The summed E-state index contributed by atoms with van der Waals surface area (Å²) in [6, 6.07) is 16.4. The highest BCUT2D eigenvalue weighted by Crippen LogP contribution is 2.39. The zero-order valence-electron chi connectivity index (χ0n) is 15.2. The number of pyridine rings is 1. The lowest BCUT2D eigenvalue weighted by molar-refractivity contribution is 0.174. The average Bonchev–Trinajstić information content (AvgIpc) is 3.21. The van der Waals surface area contributed by atoms with E-state index in [9.17, 15) is 13.7 Å². The zero-order chi connectivity index (χ0) is 20.4. The van der Waals surface area contributed by atoms with Crippen LogP contribution >= 0.6 is 0 Å². The van der Waals surface area contributed by atoms with Crippen molar-refractivity contribution in [2.75, 3.05) is 18.6 Å². The van der Waals surface area contributed by atoms with Gasteiger partial charge in [0.2, 0.25) is 12.7 Å². The van der Waals surface area contributed by atoms with Crippen LogP contribution in [-0.2, 0) is 10.0 Å². The van der Waals surface area contributed by atoms with E-state index >= 15 is 0 Å². The van der Waals surface area contributed by atoms with Gasteiger partial charge in [0.1, 0.15) is 11.6 Å². The van der Waals surface area contributed by atoms with E-state index in [2.05, 4.69) is 9.71 Å². The number of nitrogens with one attached hydrogen (secondary N) is 1. The molecule has 0 saturated heterocycles. The number of hydrogen-bond acceptors (Lipinski definition) is 7. The van der Waals surface area contributed by atoms with Gasteiger partial charge in [-0.05, 0) is 36.4 Å². The predicted molar refractivity (Wildman–Crippen MR) is 104 cm³/mol. The second-order valence-electron chi connectivity index (χ2n) is 6.04. The van der Waals surface area contributed by atoms with Gasteiger partial charge in [0.15, 0.2) is 11.5 Å². The van der Waals surface area contributed by atoms with Gasteiger partial charge in [0.05, 0.1) is 23.4 Å². The predicted octanol–water partition coefficient (Wildman–Crippen LogP) is 3.16. The number of benzene rings is 2. The number of fused-ring (bicyclic) bond motifs is 1. The highest BCUT2D eigenvalue weighted by atomic mass is 32.2. The van der Waals surface area contributed by atoms with Crippen LogP contribution in [0.5, 0.6) is 17.4 Å². The molecule has 0 atom stereocenters. The molecule has 0 radical (unpaired) electrons. The van der Waals surface area contributed by atoms with Gasteiger partial charge in [-0.2, -0.15) is 5.26 Å². The first-order valence-electron chi connectivity index (χ1n) is 8.49. The normalized spacial score (nSPS) is 12.3. The molecule has 1 aliphatic rings. The van der Waals surface area contributed by atoms with E-state index in [1.54, 1.807) is 36.4 Å². The number of methoxy groups -OCH3 is 1. The summed E-state index contributed by atoms with van der Waals surface area (Å²) in [7, 11) is -2.51. The van der Waals surface area contributed by atoms with E-state index in [-0.39, 0.29) is 28.8 Å². The molecule has 0 bridgehead atoms. The fraction of sp³-hybridized carbons (Fsp3) is 0.100. The Balaban J connectivity index is 1.85. The van der Waals surface area contributed by atoms with Crippen molar-refractivity contribution >= 4 is 15.7 Å². The molecule has 9 heteroatoms. The molecular weight excluding hydrogens is 394 g/mol. The molecule has 0 fully saturated rings. The second kappa shape index (κ2) is 7.33. The Morgan fingerprint density at radius 3 is 2.59 bits per heavy atom. The van der Waals surface area contributed by atoms with E-state index < -0.39 is 10.0 Å². The van der Waals surface area contributed by atoms with E-state index in [0.717, 1.165) is 0 Å². The van der Waals surface area contributed by atoms with Crippen LogP contribution in [0, 0.1) is 11.3 Å². The molecule has 3 aromatic rings. The van der Waals surface area contributed by atoms with Gasteiger partial charge in [-0.1, -0.05) is 18.2 Å². The van der Waals surface area contributed by atoms with Gasteiger partial charge in [0, 0.05) is 5.56 Å². The third-order valence-electron chi connectivity index (χ3n) is 4.25. The Labute approximate surface area is 167 Å². The Kier molecular flexibility index (Phi) is 4.70. The number of anilines is 1. The average molecular weight is 409 g/mol. The van der Waals surface area contributed by atoms with Crippen molar-refractivity contribution in [2.24, 2.45) is 0 Å². The highest BCUT2D eigenvalue weighted by molar-refractivity contribution is 7.92. The lowest BCUT2D eigenvalue weighted by Gasteiger charge is -2.14. The molecule has 0 amide bonds. The van der Waals surface area contributed by atoms with Crippen molar-refractivity contribution in [1.82, 2.24) is 4.98 Å². The van der Waals surface area contributed by atoms with Crippen molar-refractivity contribution in [3.05, 3.63) is 60.2 Å². The Morgan fingerprint density at radius 1 is 1.10 bits per heavy atom. The number of ether oxygens (including phenoxy) is 3. The maximum absolute atomic E-state index is 12.8. The molecule has 4 rings (SSSR count). The number of nitrogens with zero attached hydrogens (tertiary/aromatic N) is 2. The molecule has 1 aromatic heterocycles. The van der Waals surface area contributed by atoms with Crippen LogP contribution in [-0.4, -0.2) is 27.3 Å². The summed E-state index contributed by atoms with van der Waals surface area (Å²) in [6.07, 6.45) is 0. The molecule has 146 valence electrons. The number of hydrogen-bond donors (Lipinski definition) is 1. The summed E-state index contributed by atoms with van der Waals surface area (Å²) in [5.74, 6) is 1.19. The highest BCUT2D eigenvalue weighted by Gasteiger charge is 2.22. The van der Waals surface area contributed by atoms with E-state index in [1.807, 2.05) is 6.07 Å².